The number of H-pyrrole nitrogens is 1. The Labute approximate surface area is 197 Å². The first kappa shape index (κ1) is 21.6. The zero-order valence-electron chi connectivity index (χ0n) is 19.3. The number of aromatic amines is 1. The van der Waals surface area contributed by atoms with Gasteiger partial charge in [-0.3, -0.25) is 9.13 Å². The molecular weight excluding hydrogens is 424 g/mol. The summed E-state index contributed by atoms with van der Waals surface area (Å²) < 4.78 is 3.66. The van der Waals surface area contributed by atoms with Gasteiger partial charge in [-0.05, 0) is 52.1 Å². The van der Waals surface area contributed by atoms with Gasteiger partial charge < -0.3 is 0 Å². The SMILES string of the molecule is CCCc1cn(-c2ccccc2C)c(=O)n1Cc1ccc(-c2ccccc2-c2nnn[nH]2)cc1. The van der Waals surface area contributed by atoms with E-state index in [1.165, 1.54) is 0 Å². The molecule has 0 atom stereocenters. The molecule has 0 amide bonds. The molecule has 0 bridgehead atoms. The van der Waals surface area contributed by atoms with E-state index in [-0.39, 0.29) is 5.69 Å². The fraction of sp³-hybridized carbons (Fsp3) is 0.185. The fourth-order valence-electron chi connectivity index (χ4n) is 4.34. The Morgan fingerprint density at radius 1 is 0.912 bits per heavy atom. The molecule has 0 aliphatic rings. The maximum atomic E-state index is 13.4. The number of para-hydroxylation sites is 1. The maximum absolute atomic E-state index is 13.4. The molecule has 0 spiro atoms. The van der Waals surface area contributed by atoms with Crippen LogP contribution in [0.2, 0.25) is 0 Å². The Balaban J connectivity index is 1.48. The van der Waals surface area contributed by atoms with Crippen molar-refractivity contribution in [3.8, 4) is 28.2 Å². The Morgan fingerprint density at radius 3 is 2.35 bits per heavy atom. The van der Waals surface area contributed by atoms with Gasteiger partial charge >= 0.3 is 5.69 Å². The normalized spacial score (nSPS) is 11.1. The highest BCUT2D eigenvalue weighted by atomic mass is 16.1. The molecule has 0 unspecified atom stereocenters. The molecule has 1 N–H and O–H groups in total. The third-order valence-electron chi connectivity index (χ3n) is 6.08. The summed E-state index contributed by atoms with van der Waals surface area (Å²) >= 11 is 0. The monoisotopic (exact) mass is 450 g/mol. The van der Waals surface area contributed by atoms with E-state index >= 15 is 0 Å². The van der Waals surface area contributed by atoms with Crippen molar-refractivity contribution in [1.29, 1.82) is 0 Å². The fourth-order valence-corrected chi connectivity index (χ4v) is 4.34. The summed E-state index contributed by atoms with van der Waals surface area (Å²) in [6, 6.07) is 24.3. The van der Waals surface area contributed by atoms with E-state index in [2.05, 4.69) is 57.9 Å². The molecule has 2 aromatic heterocycles. The van der Waals surface area contributed by atoms with Crippen molar-refractivity contribution in [1.82, 2.24) is 29.8 Å². The van der Waals surface area contributed by atoms with Crippen LogP contribution in [-0.2, 0) is 13.0 Å². The van der Waals surface area contributed by atoms with Crippen LogP contribution in [-0.4, -0.2) is 29.8 Å². The number of aromatic nitrogens is 6. The minimum Gasteiger partial charge on any atom is -0.292 e. The number of nitrogens with one attached hydrogen (secondary N) is 1. The van der Waals surface area contributed by atoms with Crippen molar-refractivity contribution in [2.75, 3.05) is 0 Å². The van der Waals surface area contributed by atoms with Crippen LogP contribution in [0.5, 0.6) is 0 Å². The zero-order chi connectivity index (χ0) is 23.5. The van der Waals surface area contributed by atoms with Crippen LogP contribution in [0.25, 0.3) is 28.2 Å². The molecule has 0 saturated heterocycles. The maximum Gasteiger partial charge on any atom is 0.333 e. The molecule has 0 fully saturated rings. The molecule has 3 aromatic carbocycles. The molecule has 7 heteroatoms. The highest BCUT2D eigenvalue weighted by Gasteiger charge is 2.14. The van der Waals surface area contributed by atoms with Gasteiger partial charge in [0.05, 0.1) is 12.2 Å². The molecule has 7 nitrogen and oxygen atoms in total. The number of hydrogen-bond acceptors (Lipinski definition) is 4. The van der Waals surface area contributed by atoms with Crippen LogP contribution in [0, 0.1) is 6.92 Å². The van der Waals surface area contributed by atoms with Crippen LogP contribution < -0.4 is 5.69 Å². The Hall–Kier alpha value is -4.26. The highest BCUT2D eigenvalue weighted by molar-refractivity contribution is 5.80. The molecule has 0 aliphatic carbocycles. The summed E-state index contributed by atoms with van der Waals surface area (Å²) in [5, 5.41) is 14.3. The quantitative estimate of drug-likeness (QED) is 0.386. The number of hydrogen-bond donors (Lipinski definition) is 1. The molecule has 5 aromatic rings. The lowest BCUT2D eigenvalue weighted by Gasteiger charge is -2.10. The Morgan fingerprint density at radius 2 is 1.65 bits per heavy atom. The van der Waals surface area contributed by atoms with Crippen molar-refractivity contribution < 1.29 is 0 Å². The van der Waals surface area contributed by atoms with Gasteiger partial charge in [-0.15, -0.1) is 5.10 Å². The third-order valence-corrected chi connectivity index (χ3v) is 6.08. The van der Waals surface area contributed by atoms with Crippen molar-refractivity contribution in [2.45, 2.75) is 33.2 Å². The van der Waals surface area contributed by atoms with Crippen LogP contribution in [0.3, 0.4) is 0 Å². The van der Waals surface area contributed by atoms with Gasteiger partial charge in [0.2, 0.25) is 0 Å². The van der Waals surface area contributed by atoms with Gasteiger partial charge in [0.15, 0.2) is 5.82 Å². The number of imidazole rings is 1. The second kappa shape index (κ2) is 9.31. The van der Waals surface area contributed by atoms with Gasteiger partial charge in [0.25, 0.3) is 0 Å². The lowest BCUT2D eigenvalue weighted by molar-refractivity contribution is 0.691. The Bertz CT molecular complexity index is 1460. The average Bonchev–Trinajstić information content (AvgIpc) is 3.50. The predicted octanol–water partition coefficient (Wildman–Crippen LogP) is 4.80. The molecule has 2 heterocycles. The summed E-state index contributed by atoms with van der Waals surface area (Å²) in [7, 11) is 0. The third kappa shape index (κ3) is 4.08. The summed E-state index contributed by atoms with van der Waals surface area (Å²) in [4.78, 5) is 13.4. The minimum atomic E-state index is -0.00927. The van der Waals surface area contributed by atoms with Crippen LogP contribution in [0.4, 0.5) is 0 Å². The van der Waals surface area contributed by atoms with E-state index in [0.717, 1.165) is 52.0 Å². The van der Waals surface area contributed by atoms with Gasteiger partial charge in [-0.25, -0.2) is 9.89 Å². The van der Waals surface area contributed by atoms with E-state index < -0.39 is 0 Å². The van der Waals surface area contributed by atoms with E-state index in [9.17, 15) is 4.79 Å². The summed E-state index contributed by atoms with van der Waals surface area (Å²) in [5.74, 6) is 0.632. The molecule has 170 valence electrons. The van der Waals surface area contributed by atoms with Gasteiger partial charge in [-0.1, -0.05) is 80.1 Å². The summed E-state index contributed by atoms with van der Waals surface area (Å²) in [5.41, 5.74) is 7.17. The van der Waals surface area contributed by atoms with Gasteiger partial charge in [0.1, 0.15) is 0 Å². The number of rotatable bonds is 7. The van der Waals surface area contributed by atoms with Crippen molar-refractivity contribution in [3.05, 3.63) is 106 Å². The van der Waals surface area contributed by atoms with Crippen LogP contribution in [0.15, 0.2) is 83.8 Å². The lowest BCUT2D eigenvalue weighted by atomic mass is 9.98. The first-order chi connectivity index (χ1) is 16.7. The smallest absolute Gasteiger partial charge is 0.292 e. The van der Waals surface area contributed by atoms with E-state index in [1.807, 2.05) is 60.2 Å². The molecule has 0 aliphatic heterocycles. The highest BCUT2D eigenvalue weighted by Crippen LogP contribution is 2.29. The number of nitrogens with zero attached hydrogens (tertiary/aromatic N) is 5. The summed E-state index contributed by atoms with van der Waals surface area (Å²) in [6.07, 6.45) is 3.82. The number of aryl methyl sites for hydroxylation is 2. The zero-order valence-corrected chi connectivity index (χ0v) is 19.3. The van der Waals surface area contributed by atoms with E-state index in [1.54, 1.807) is 4.57 Å². The van der Waals surface area contributed by atoms with Crippen molar-refractivity contribution in [3.63, 3.8) is 0 Å². The first-order valence-corrected chi connectivity index (χ1v) is 11.4. The van der Waals surface area contributed by atoms with Crippen LogP contribution >= 0.6 is 0 Å². The molecule has 0 radical (unpaired) electrons. The van der Waals surface area contributed by atoms with E-state index in [4.69, 9.17) is 0 Å². The Kier molecular flexibility index (Phi) is 5.91. The second-order valence-corrected chi connectivity index (χ2v) is 8.39. The predicted molar refractivity (Wildman–Crippen MR) is 133 cm³/mol. The van der Waals surface area contributed by atoms with Crippen LogP contribution in [0.1, 0.15) is 30.2 Å². The molecule has 34 heavy (non-hydrogen) atoms. The first-order valence-electron chi connectivity index (χ1n) is 11.4. The number of tetrazole rings is 1. The molecule has 5 rings (SSSR count). The minimum absolute atomic E-state index is 0.00927. The van der Waals surface area contributed by atoms with Crippen molar-refractivity contribution in [2.24, 2.45) is 0 Å². The average molecular weight is 451 g/mol. The van der Waals surface area contributed by atoms with Gasteiger partial charge in [-0.2, -0.15) is 0 Å². The van der Waals surface area contributed by atoms with Crippen molar-refractivity contribution >= 4 is 0 Å². The second-order valence-electron chi connectivity index (χ2n) is 8.39. The summed E-state index contributed by atoms with van der Waals surface area (Å²) in [6.45, 7) is 4.70. The molecule has 0 saturated carbocycles. The molecular formula is C27H26N6O. The van der Waals surface area contributed by atoms with E-state index in [0.29, 0.717) is 12.4 Å². The number of benzene rings is 3. The topological polar surface area (TPSA) is 81.4 Å². The lowest BCUT2D eigenvalue weighted by Crippen LogP contribution is -2.25. The largest absolute Gasteiger partial charge is 0.333 e. The standard InChI is InChI=1S/C27H26N6O/c1-3-8-22-18-33(25-12-7-4-9-19(25)2)27(34)32(22)17-20-13-15-21(16-14-20)23-10-5-6-11-24(23)26-28-30-31-29-26/h4-7,9-16,18H,3,8,17H2,1-2H3,(H,28,29,30,31). The van der Waals surface area contributed by atoms with Gasteiger partial charge in [0, 0.05) is 17.5 Å².